The molecule has 2 rings (SSSR count). The third-order valence-electron chi connectivity index (χ3n) is 2.91. The molecule has 1 aromatic rings. The Labute approximate surface area is 86.1 Å². The van der Waals surface area contributed by atoms with Gasteiger partial charge in [0, 0.05) is 6.42 Å². The third kappa shape index (κ3) is 2.00. The zero-order valence-electron chi connectivity index (χ0n) is 8.14. The highest BCUT2D eigenvalue weighted by Crippen LogP contribution is 2.53. The first-order chi connectivity index (χ1) is 6.93. The maximum Gasteiger partial charge on any atom is 0.267 e. The molecule has 15 heavy (non-hydrogen) atoms. The lowest BCUT2D eigenvalue weighted by Crippen LogP contribution is -2.30. The van der Waals surface area contributed by atoms with Gasteiger partial charge in [-0.1, -0.05) is 12.1 Å². The topological polar surface area (TPSA) is 26.0 Å². The van der Waals surface area contributed by atoms with Crippen molar-refractivity contribution in [3.63, 3.8) is 0 Å². The molecule has 1 aromatic carbocycles. The monoisotopic (exact) mass is 215 g/mol. The Bertz CT molecular complexity index is 361. The van der Waals surface area contributed by atoms with Crippen LogP contribution in [-0.4, -0.2) is 11.5 Å². The molecular weight excluding hydrogens is 203 g/mol. The number of hydrogen-bond acceptors (Lipinski definition) is 1. The molecule has 0 amide bonds. The lowest BCUT2D eigenvalue weighted by atomic mass is 10.0. The highest BCUT2D eigenvalue weighted by Gasteiger charge is 2.68. The predicted molar refractivity (Wildman–Crippen MR) is 51.2 cm³/mol. The summed E-state index contributed by atoms with van der Waals surface area (Å²) in [6, 6.07) is 5.84. The molecule has 1 unspecified atom stereocenters. The predicted octanol–water partition coefficient (Wildman–Crippen LogP) is 2.49. The van der Waals surface area contributed by atoms with Crippen LogP contribution in [0.5, 0.6) is 0 Å². The van der Waals surface area contributed by atoms with Crippen LogP contribution in [0, 0.1) is 5.82 Å². The van der Waals surface area contributed by atoms with Gasteiger partial charge in [-0.05, 0) is 30.5 Å². The number of halogens is 3. The van der Waals surface area contributed by atoms with Crippen LogP contribution in [0.4, 0.5) is 13.2 Å². The second-order valence-electron chi connectivity index (χ2n) is 4.16. The zero-order chi connectivity index (χ0) is 11.1. The number of benzene rings is 1. The molecule has 0 aromatic heterocycles. The molecule has 0 radical (unpaired) electrons. The summed E-state index contributed by atoms with van der Waals surface area (Å²) in [5.41, 5.74) is 4.98. The van der Waals surface area contributed by atoms with Crippen LogP contribution in [-0.2, 0) is 6.42 Å². The van der Waals surface area contributed by atoms with Gasteiger partial charge in [-0.2, -0.15) is 0 Å². The van der Waals surface area contributed by atoms with Gasteiger partial charge in [0.1, 0.15) is 5.82 Å². The van der Waals surface area contributed by atoms with Crippen molar-refractivity contribution in [1.82, 2.24) is 0 Å². The average molecular weight is 215 g/mol. The molecular formula is C11H12F3N. The molecule has 0 spiro atoms. The molecule has 0 saturated heterocycles. The Balaban J connectivity index is 1.92. The maximum atomic E-state index is 12.8. The van der Waals surface area contributed by atoms with Crippen LogP contribution in [0.3, 0.4) is 0 Å². The van der Waals surface area contributed by atoms with E-state index in [0.29, 0.717) is 6.42 Å². The quantitative estimate of drug-likeness (QED) is 0.823. The summed E-state index contributed by atoms with van der Waals surface area (Å²) < 4.78 is 38.1. The highest BCUT2D eigenvalue weighted by molar-refractivity contribution is 5.21. The fourth-order valence-corrected chi connectivity index (χ4v) is 1.64. The number of hydrogen-bond donors (Lipinski definition) is 1. The van der Waals surface area contributed by atoms with Crippen molar-refractivity contribution in [2.24, 2.45) is 5.73 Å². The van der Waals surface area contributed by atoms with Gasteiger partial charge in [-0.3, -0.25) is 0 Å². The lowest BCUT2D eigenvalue weighted by Gasteiger charge is -2.09. The van der Waals surface area contributed by atoms with Gasteiger partial charge in [0.05, 0.1) is 5.54 Å². The zero-order valence-corrected chi connectivity index (χ0v) is 8.14. The van der Waals surface area contributed by atoms with Gasteiger partial charge in [0.25, 0.3) is 5.92 Å². The largest absolute Gasteiger partial charge is 0.320 e. The number of alkyl halides is 2. The van der Waals surface area contributed by atoms with Crippen molar-refractivity contribution >= 4 is 0 Å². The van der Waals surface area contributed by atoms with E-state index in [4.69, 9.17) is 5.73 Å². The standard InChI is InChI=1S/C11H12F3N/c12-9-3-1-8(2-4-9)5-6-10(15)7-11(10,13)14/h1-4H,5-7,15H2. The van der Waals surface area contributed by atoms with E-state index in [-0.39, 0.29) is 18.7 Å². The molecule has 1 fully saturated rings. The Morgan fingerprint density at radius 3 is 2.20 bits per heavy atom. The van der Waals surface area contributed by atoms with Crippen LogP contribution in [0.2, 0.25) is 0 Å². The van der Waals surface area contributed by atoms with E-state index in [1.54, 1.807) is 12.1 Å². The maximum absolute atomic E-state index is 12.8. The van der Waals surface area contributed by atoms with Crippen LogP contribution in [0.25, 0.3) is 0 Å². The van der Waals surface area contributed by atoms with Gasteiger partial charge in [-0.25, -0.2) is 13.2 Å². The van der Waals surface area contributed by atoms with Crippen molar-refractivity contribution in [3.8, 4) is 0 Å². The average Bonchev–Trinajstić information content (AvgIpc) is 2.66. The number of rotatable bonds is 3. The van der Waals surface area contributed by atoms with E-state index in [1.165, 1.54) is 12.1 Å². The van der Waals surface area contributed by atoms with Crippen LogP contribution in [0.15, 0.2) is 24.3 Å². The van der Waals surface area contributed by atoms with Gasteiger partial charge < -0.3 is 5.73 Å². The van der Waals surface area contributed by atoms with E-state index < -0.39 is 11.5 Å². The van der Waals surface area contributed by atoms with Crippen molar-refractivity contribution < 1.29 is 13.2 Å². The second kappa shape index (κ2) is 3.23. The molecule has 4 heteroatoms. The van der Waals surface area contributed by atoms with Crippen LogP contribution < -0.4 is 5.73 Å². The molecule has 0 aliphatic heterocycles. The smallest absolute Gasteiger partial charge is 0.267 e. The minimum Gasteiger partial charge on any atom is -0.320 e. The van der Waals surface area contributed by atoms with E-state index in [9.17, 15) is 13.2 Å². The van der Waals surface area contributed by atoms with Crippen molar-refractivity contribution in [2.75, 3.05) is 0 Å². The minimum atomic E-state index is -2.72. The van der Waals surface area contributed by atoms with Crippen LogP contribution in [0.1, 0.15) is 18.4 Å². The first-order valence-corrected chi connectivity index (χ1v) is 4.84. The SMILES string of the molecule is NC1(CCc2ccc(F)cc2)CC1(F)F. The summed E-state index contributed by atoms with van der Waals surface area (Å²) in [6.07, 6.45) is 0.471. The Morgan fingerprint density at radius 2 is 1.73 bits per heavy atom. The number of aryl methyl sites for hydroxylation is 1. The van der Waals surface area contributed by atoms with E-state index in [1.807, 2.05) is 0 Å². The summed E-state index contributed by atoms with van der Waals surface area (Å²) in [7, 11) is 0. The molecule has 1 atom stereocenters. The molecule has 1 aliphatic rings. The second-order valence-corrected chi connectivity index (χ2v) is 4.16. The van der Waals surface area contributed by atoms with E-state index >= 15 is 0 Å². The molecule has 82 valence electrons. The van der Waals surface area contributed by atoms with Gasteiger partial charge in [0.15, 0.2) is 0 Å². The first-order valence-electron chi connectivity index (χ1n) is 4.84. The van der Waals surface area contributed by atoms with Crippen molar-refractivity contribution in [1.29, 1.82) is 0 Å². The van der Waals surface area contributed by atoms with E-state index in [2.05, 4.69) is 0 Å². The Kier molecular flexibility index (Phi) is 2.26. The van der Waals surface area contributed by atoms with Gasteiger partial charge in [-0.15, -0.1) is 0 Å². The minimum absolute atomic E-state index is 0.235. The summed E-state index contributed by atoms with van der Waals surface area (Å²) in [6.45, 7) is 0. The normalized spacial score (nSPS) is 27.7. The highest BCUT2D eigenvalue weighted by atomic mass is 19.3. The number of nitrogens with two attached hydrogens (primary N) is 1. The summed E-state index contributed by atoms with van der Waals surface area (Å²) in [5.74, 6) is -3.04. The molecule has 1 saturated carbocycles. The van der Waals surface area contributed by atoms with Crippen molar-refractivity contribution in [3.05, 3.63) is 35.6 Å². The summed E-state index contributed by atoms with van der Waals surface area (Å²) in [5, 5.41) is 0. The third-order valence-corrected chi connectivity index (χ3v) is 2.91. The first kappa shape index (κ1) is 10.5. The molecule has 0 heterocycles. The molecule has 1 nitrogen and oxygen atoms in total. The van der Waals surface area contributed by atoms with Gasteiger partial charge in [0.2, 0.25) is 0 Å². The Hall–Kier alpha value is -1.03. The summed E-state index contributed by atoms with van der Waals surface area (Å²) >= 11 is 0. The molecule has 2 N–H and O–H groups in total. The van der Waals surface area contributed by atoms with E-state index in [0.717, 1.165) is 5.56 Å². The fraction of sp³-hybridized carbons (Fsp3) is 0.455. The Morgan fingerprint density at radius 1 is 1.20 bits per heavy atom. The van der Waals surface area contributed by atoms with Crippen LogP contribution >= 0.6 is 0 Å². The lowest BCUT2D eigenvalue weighted by molar-refractivity contribution is 0.0873. The van der Waals surface area contributed by atoms with Crippen molar-refractivity contribution in [2.45, 2.75) is 30.7 Å². The molecule has 0 bridgehead atoms. The summed E-state index contributed by atoms with van der Waals surface area (Å²) in [4.78, 5) is 0. The fourth-order valence-electron chi connectivity index (χ4n) is 1.64. The van der Waals surface area contributed by atoms with Gasteiger partial charge >= 0.3 is 0 Å². The molecule has 1 aliphatic carbocycles.